The molecule has 20 heavy (non-hydrogen) atoms. The molecule has 0 saturated heterocycles. The molecule has 0 rings (SSSR count). The Bertz CT molecular complexity index is 306. The first kappa shape index (κ1) is 23.8. The zero-order valence-electron chi connectivity index (χ0n) is 13.3. The molecule has 0 aliphatic rings. The van der Waals surface area contributed by atoms with Crippen LogP contribution in [0.15, 0.2) is 0 Å². The summed E-state index contributed by atoms with van der Waals surface area (Å²) in [6, 6.07) is 0. The predicted molar refractivity (Wildman–Crippen MR) is 77.0 cm³/mol. The van der Waals surface area contributed by atoms with E-state index >= 15 is 0 Å². The minimum absolute atomic E-state index is 0. The van der Waals surface area contributed by atoms with E-state index in [0.29, 0.717) is 25.7 Å². The van der Waals surface area contributed by atoms with Gasteiger partial charge in [0.25, 0.3) is 0 Å². The first-order chi connectivity index (χ1) is 8.91. The second-order valence-electron chi connectivity index (χ2n) is 5.34. The third kappa shape index (κ3) is 13.2. The van der Waals surface area contributed by atoms with E-state index in [-0.39, 0.29) is 57.5 Å². The van der Waals surface area contributed by atoms with Gasteiger partial charge in [-0.05, 0) is 32.1 Å². The molecule has 1 N–H and O–H groups in total. The molecular formula is C14H29KO4S. The van der Waals surface area contributed by atoms with Gasteiger partial charge >= 0.3 is 51.4 Å². The van der Waals surface area contributed by atoms with Gasteiger partial charge in [0.2, 0.25) is 0 Å². The number of unbranched alkanes of at least 4 members (excludes halogenated alkanes) is 3. The van der Waals surface area contributed by atoms with Crippen LogP contribution in [0.1, 0.15) is 78.1 Å². The normalized spacial score (nSPS) is 14.6. The van der Waals surface area contributed by atoms with Gasteiger partial charge in [0, 0.05) is 5.25 Å². The minimum Gasteiger partial charge on any atom is -0.748 e. The Morgan fingerprint density at radius 1 is 0.900 bits per heavy atom. The van der Waals surface area contributed by atoms with Crippen LogP contribution in [0.3, 0.4) is 0 Å². The Hall–Kier alpha value is 1.51. The van der Waals surface area contributed by atoms with E-state index in [1.807, 2.05) is 6.92 Å². The molecule has 4 nitrogen and oxygen atoms in total. The second kappa shape index (κ2) is 14.1. The van der Waals surface area contributed by atoms with Crippen molar-refractivity contribution in [3.63, 3.8) is 0 Å². The summed E-state index contributed by atoms with van der Waals surface area (Å²) in [6.45, 7) is 4.10. The molecule has 0 aliphatic heterocycles. The monoisotopic (exact) mass is 332 g/mol. The number of hydrogen-bond donors (Lipinski definition) is 1. The topological polar surface area (TPSA) is 77.4 Å². The van der Waals surface area contributed by atoms with Crippen LogP contribution in [0.5, 0.6) is 0 Å². The van der Waals surface area contributed by atoms with Crippen LogP contribution in [0.4, 0.5) is 0 Å². The van der Waals surface area contributed by atoms with Crippen molar-refractivity contribution in [2.75, 3.05) is 0 Å². The van der Waals surface area contributed by atoms with Gasteiger partial charge in [-0.15, -0.1) is 0 Å². The van der Waals surface area contributed by atoms with Crippen LogP contribution in [0.2, 0.25) is 0 Å². The third-order valence-electron chi connectivity index (χ3n) is 3.47. The predicted octanol–water partition coefficient (Wildman–Crippen LogP) is 0.206. The van der Waals surface area contributed by atoms with Gasteiger partial charge < -0.3 is 9.66 Å². The van der Waals surface area contributed by atoms with Gasteiger partial charge in [0.05, 0.1) is 16.2 Å². The molecule has 0 amide bonds. The molecule has 0 aromatic carbocycles. The van der Waals surface area contributed by atoms with Gasteiger partial charge in [-0.2, -0.15) is 0 Å². The SMILES string of the molecule is CCCCCCC(CCCC(O)CCC)S(=O)(=O)[O-].[K+]. The molecule has 116 valence electrons. The molecule has 0 heterocycles. The summed E-state index contributed by atoms with van der Waals surface area (Å²) in [5.74, 6) is 0. The number of hydrogen-bond acceptors (Lipinski definition) is 4. The Balaban J connectivity index is 0. The van der Waals surface area contributed by atoms with Crippen molar-refractivity contribution in [3.8, 4) is 0 Å². The van der Waals surface area contributed by atoms with Crippen LogP contribution in [-0.2, 0) is 10.1 Å². The van der Waals surface area contributed by atoms with Crippen LogP contribution in [0.25, 0.3) is 0 Å². The quantitative estimate of drug-likeness (QED) is 0.315. The largest absolute Gasteiger partial charge is 1.00 e. The van der Waals surface area contributed by atoms with Gasteiger partial charge in [-0.1, -0.05) is 46.0 Å². The van der Waals surface area contributed by atoms with Crippen LogP contribution < -0.4 is 51.4 Å². The maximum Gasteiger partial charge on any atom is 1.00 e. The van der Waals surface area contributed by atoms with E-state index in [4.69, 9.17) is 0 Å². The fraction of sp³-hybridized carbons (Fsp3) is 1.00. The number of rotatable bonds is 12. The zero-order chi connectivity index (χ0) is 14.7. The van der Waals surface area contributed by atoms with Crippen molar-refractivity contribution in [3.05, 3.63) is 0 Å². The molecule has 2 atom stereocenters. The first-order valence-corrected chi connectivity index (χ1v) is 9.01. The molecule has 0 aliphatic carbocycles. The van der Waals surface area contributed by atoms with Gasteiger partial charge in [0.1, 0.15) is 0 Å². The van der Waals surface area contributed by atoms with Crippen molar-refractivity contribution < 1.29 is 69.5 Å². The Kier molecular flexibility index (Phi) is 16.8. The maximum absolute atomic E-state index is 11.2. The molecule has 0 aromatic rings. The van der Waals surface area contributed by atoms with Gasteiger partial charge in [-0.25, -0.2) is 8.42 Å². The van der Waals surface area contributed by atoms with Crippen molar-refractivity contribution in [2.24, 2.45) is 0 Å². The van der Waals surface area contributed by atoms with E-state index in [1.54, 1.807) is 0 Å². The number of aliphatic hydroxyl groups excluding tert-OH is 1. The average Bonchev–Trinajstić information content (AvgIpc) is 2.31. The van der Waals surface area contributed by atoms with Crippen LogP contribution in [-0.4, -0.2) is 29.4 Å². The molecule has 0 saturated carbocycles. The molecule has 0 aromatic heterocycles. The summed E-state index contributed by atoms with van der Waals surface area (Å²) in [5.41, 5.74) is 0. The maximum atomic E-state index is 11.2. The smallest absolute Gasteiger partial charge is 0.748 e. The van der Waals surface area contributed by atoms with Crippen molar-refractivity contribution in [1.82, 2.24) is 0 Å². The van der Waals surface area contributed by atoms with Crippen molar-refractivity contribution in [2.45, 2.75) is 89.4 Å². The zero-order valence-corrected chi connectivity index (χ0v) is 17.2. The summed E-state index contributed by atoms with van der Waals surface area (Å²) < 4.78 is 33.5. The Labute approximate surface area is 167 Å². The fourth-order valence-electron chi connectivity index (χ4n) is 2.29. The Morgan fingerprint density at radius 2 is 1.50 bits per heavy atom. The van der Waals surface area contributed by atoms with E-state index < -0.39 is 15.4 Å². The summed E-state index contributed by atoms with van der Waals surface area (Å²) >= 11 is 0. The molecular weight excluding hydrogens is 303 g/mol. The fourth-order valence-corrected chi connectivity index (χ4v) is 3.20. The summed E-state index contributed by atoms with van der Waals surface area (Å²) in [5, 5.41) is 8.82. The van der Waals surface area contributed by atoms with E-state index in [0.717, 1.165) is 38.5 Å². The summed E-state index contributed by atoms with van der Waals surface area (Å²) in [7, 11) is -4.19. The summed E-state index contributed by atoms with van der Waals surface area (Å²) in [4.78, 5) is 0. The molecule has 0 fully saturated rings. The van der Waals surface area contributed by atoms with Gasteiger partial charge in [0.15, 0.2) is 0 Å². The molecule has 0 radical (unpaired) electrons. The third-order valence-corrected chi connectivity index (χ3v) is 4.76. The standard InChI is InChI=1S/C14H30O4S.K/c1-3-5-6-7-11-14(19(16,17)18)12-8-10-13(15)9-4-2;/h13-15H,3-12H2,1-2H3,(H,16,17,18);/q;+1/p-1. The van der Waals surface area contributed by atoms with Crippen molar-refractivity contribution >= 4 is 10.1 Å². The molecule has 2 unspecified atom stereocenters. The first-order valence-electron chi connectivity index (χ1n) is 7.54. The van der Waals surface area contributed by atoms with E-state index in [9.17, 15) is 18.1 Å². The average molecular weight is 333 g/mol. The van der Waals surface area contributed by atoms with Crippen LogP contribution >= 0.6 is 0 Å². The van der Waals surface area contributed by atoms with Gasteiger partial charge in [-0.3, -0.25) is 0 Å². The molecule has 0 spiro atoms. The van der Waals surface area contributed by atoms with Crippen LogP contribution in [0, 0.1) is 0 Å². The van der Waals surface area contributed by atoms with E-state index in [1.165, 1.54) is 0 Å². The minimum atomic E-state index is -4.19. The van der Waals surface area contributed by atoms with E-state index in [2.05, 4.69) is 6.92 Å². The van der Waals surface area contributed by atoms with Crippen molar-refractivity contribution in [1.29, 1.82) is 0 Å². The summed E-state index contributed by atoms with van der Waals surface area (Å²) in [6.07, 6.45) is 7.33. The molecule has 0 bridgehead atoms. The second-order valence-corrected chi connectivity index (χ2v) is 6.99. The molecule has 6 heteroatoms. The number of aliphatic hydroxyl groups is 1. The Morgan fingerprint density at radius 3 is 2.00 bits per heavy atom.